The van der Waals surface area contributed by atoms with Crippen LogP contribution in [0.1, 0.15) is 10.4 Å². The van der Waals surface area contributed by atoms with E-state index in [4.69, 9.17) is 14.2 Å². The molecule has 132 valence electrons. The zero-order valence-electron chi connectivity index (χ0n) is 14.4. The van der Waals surface area contributed by atoms with Crippen molar-refractivity contribution in [3.63, 3.8) is 0 Å². The van der Waals surface area contributed by atoms with Gasteiger partial charge in [0.05, 0.1) is 26.1 Å². The van der Waals surface area contributed by atoms with E-state index in [0.29, 0.717) is 34.4 Å². The predicted molar refractivity (Wildman–Crippen MR) is 98.3 cm³/mol. The molecule has 2 aromatic carbocycles. The minimum absolute atomic E-state index is 0.229. The average Bonchev–Trinajstić information content (AvgIpc) is 2.70. The second-order valence-electron chi connectivity index (χ2n) is 5.32. The third-order valence-corrected chi connectivity index (χ3v) is 3.63. The Morgan fingerprint density at radius 2 is 1.62 bits per heavy atom. The number of methoxy groups -OCH3 is 2. The number of hydrogen-bond donors (Lipinski definition) is 1. The summed E-state index contributed by atoms with van der Waals surface area (Å²) in [6.45, 7) is 0. The first-order valence-electron chi connectivity index (χ1n) is 7.92. The molecule has 6 nitrogen and oxygen atoms in total. The van der Waals surface area contributed by atoms with Gasteiger partial charge in [-0.3, -0.25) is 4.79 Å². The number of anilines is 1. The van der Waals surface area contributed by atoms with Crippen LogP contribution in [-0.4, -0.2) is 25.1 Å². The Balaban J connectivity index is 1.66. The minimum Gasteiger partial charge on any atom is -0.497 e. The molecule has 1 N–H and O–H groups in total. The Hall–Kier alpha value is -3.54. The second kappa shape index (κ2) is 8.02. The van der Waals surface area contributed by atoms with Gasteiger partial charge < -0.3 is 19.5 Å². The quantitative estimate of drug-likeness (QED) is 0.723. The zero-order valence-corrected chi connectivity index (χ0v) is 14.4. The van der Waals surface area contributed by atoms with E-state index in [9.17, 15) is 4.79 Å². The summed E-state index contributed by atoms with van der Waals surface area (Å²) in [4.78, 5) is 16.5. The number of nitrogens with zero attached hydrogens (tertiary/aromatic N) is 1. The van der Waals surface area contributed by atoms with Crippen LogP contribution in [0.3, 0.4) is 0 Å². The van der Waals surface area contributed by atoms with Crippen molar-refractivity contribution in [1.29, 1.82) is 0 Å². The largest absolute Gasteiger partial charge is 0.497 e. The van der Waals surface area contributed by atoms with Crippen molar-refractivity contribution in [2.45, 2.75) is 0 Å². The smallest absolute Gasteiger partial charge is 0.255 e. The fourth-order valence-electron chi connectivity index (χ4n) is 2.28. The predicted octanol–water partition coefficient (Wildman–Crippen LogP) is 4.14. The molecule has 0 radical (unpaired) electrons. The summed E-state index contributed by atoms with van der Waals surface area (Å²) in [5, 5.41) is 2.79. The number of aromatic nitrogens is 1. The van der Waals surface area contributed by atoms with Crippen LogP contribution in [-0.2, 0) is 0 Å². The Kier molecular flexibility index (Phi) is 5.34. The molecule has 0 aliphatic rings. The van der Waals surface area contributed by atoms with E-state index in [1.54, 1.807) is 62.8 Å². The molecule has 26 heavy (non-hydrogen) atoms. The summed E-state index contributed by atoms with van der Waals surface area (Å²) >= 11 is 0. The zero-order chi connectivity index (χ0) is 18.4. The van der Waals surface area contributed by atoms with Gasteiger partial charge in [0, 0.05) is 11.6 Å². The monoisotopic (exact) mass is 350 g/mol. The number of ether oxygens (including phenoxy) is 3. The Morgan fingerprint density at radius 3 is 2.23 bits per heavy atom. The number of carbonyl (C=O) groups excluding carboxylic acids is 1. The molecule has 3 aromatic rings. The molecule has 0 unspecified atom stereocenters. The molecule has 1 heterocycles. The third-order valence-electron chi connectivity index (χ3n) is 3.63. The highest BCUT2D eigenvalue weighted by Crippen LogP contribution is 2.30. The number of benzene rings is 2. The van der Waals surface area contributed by atoms with Gasteiger partial charge in [0.2, 0.25) is 5.88 Å². The van der Waals surface area contributed by atoms with E-state index in [1.165, 1.54) is 6.20 Å². The van der Waals surface area contributed by atoms with Crippen molar-refractivity contribution in [3.8, 4) is 23.1 Å². The van der Waals surface area contributed by atoms with Gasteiger partial charge in [-0.1, -0.05) is 12.1 Å². The average molecular weight is 350 g/mol. The lowest BCUT2D eigenvalue weighted by atomic mass is 10.2. The first kappa shape index (κ1) is 17.3. The van der Waals surface area contributed by atoms with Gasteiger partial charge in [-0.15, -0.1) is 0 Å². The fraction of sp³-hybridized carbons (Fsp3) is 0.100. The van der Waals surface area contributed by atoms with Gasteiger partial charge in [0.15, 0.2) is 11.5 Å². The summed E-state index contributed by atoms with van der Waals surface area (Å²) in [7, 11) is 3.16. The molecule has 0 spiro atoms. The Labute approximate surface area is 151 Å². The summed E-state index contributed by atoms with van der Waals surface area (Å²) in [5.41, 5.74) is 1.10. The molecule has 0 atom stereocenters. The topological polar surface area (TPSA) is 69.7 Å². The van der Waals surface area contributed by atoms with Crippen LogP contribution < -0.4 is 19.5 Å². The standard InChI is InChI=1S/C20H18N2O4/c1-24-16-10-7-14(8-11-16)20(23)22-15-9-12-19(21-13-15)26-18-6-4-3-5-17(18)25-2/h3-13H,1-2H3,(H,22,23). The summed E-state index contributed by atoms with van der Waals surface area (Å²) in [6, 6.07) is 17.6. The highest BCUT2D eigenvalue weighted by molar-refractivity contribution is 6.04. The molecule has 0 saturated heterocycles. The minimum atomic E-state index is -0.229. The lowest BCUT2D eigenvalue weighted by molar-refractivity contribution is 0.102. The summed E-state index contributed by atoms with van der Waals surface area (Å²) in [5.74, 6) is 2.05. The highest BCUT2D eigenvalue weighted by Gasteiger charge is 2.08. The summed E-state index contributed by atoms with van der Waals surface area (Å²) in [6.07, 6.45) is 1.53. The van der Waals surface area contributed by atoms with Crippen molar-refractivity contribution in [2.75, 3.05) is 19.5 Å². The number of nitrogens with one attached hydrogen (secondary N) is 1. The maximum atomic E-state index is 12.2. The van der Waals surface area contributed by atoms with E-state index in [1.807, 2.05) is 12.1 Å². The van der Waals surface area contributed by atoms with Gasteiger partial charge in [-0.25, -0.2) is 4.98 Å². The third kappa shape index (κ3) is 4.10. The van der Waals surface area contributed by atoms with Crippen molar-refractivity contribution < 1.29 is 19.0 Å². The molecule has 0 aliphatic carbocycles. The van der Waals surface area contributed by atoms with Crippen molar-refractivity contribution in [3.05, 3.63) is 72.4 Å². The van der Waals surface area contributed by atoms with Crippen LogP contribution in [0.4, 0.5) is 5.69 Å². The maximum absolute atomic E-state index is 12.2. The SMILES string of the molecule is COc1ccc(C(=O)Nc2ccc(Oc3ccccc3OC)nc2)cc1. The van der Waals surface area contributed by atoms with E-state index in [2.05, 4.69) is 10.3 Å². The van der Waals surface area contributed by atoms with E-state index in [-0.39, 0.29) is 5.91 Å². The highest BCUT2D eigenvalue weighted by atomic mass is 16.5. The molecule has 6 heteroatoms. The van der Waals surface area contributed by atoms with Crippen LogP contribution in [0.2, 0.25) is 0 Å². The number of carbonyl (C=O) groups is 1. The molecular formula is C20H18N2O4. The van der Waals surface area contributed by atoms with Crippen molar-refractivity contribution in [1.82, 2.24) is 4.98 Å². The first-order valence-corrected chi connectivity index (χ1v) is 7.92. The molecule has 1 aromatic heterocycles. The lowest BCUT2D eigenvalue weighted by Gasteiger charge is -2.10. The van der Waals surface area contributed by atoms with Crippen LogP contribution in [0.15, 0.2) is 66.9 Å². The van der Waals surface area contributed by atoms with Crippen LogP contribution in [0.25, 0.3) is 0 Å². The Bertz CT molecular complexity index is 877. The number of pyridine rings is 1. The molecule has 3 rings (SSSR count). The molecule has 0 saturated carbocycles. The number of para-hydroxylation sites is 2. The van der Waals surface area contributed by atoms with Gasteiger partial charge in [0.1, 0.15) is 5.75 Å². The molecule has 0 aliphatic heterocycles. The van der Waals surface area contributed by atoms with Crippen LogP contribution >= 0.6 is 0 Å². The van der Waals surface area contributed by atoms with E-state index in [0.717, 1.165) is 0 Å². The molecule has 1 amide bonds. The van der Waals surface area contributed by atoms with Crippen LogP contribution in [0.5, 0.6) is 23.1 Å². The normalized spacial score (nSPS) is 10.1. The van der Waals surface area contributed by atoms with Crippen molar-refractivity contribution >= 4 is 11.6 Å². The van der Waals surface area contributed by atoms with E-state index < -0.39 is 0 Å². The number of amides is 1. The van der Waals surface area contributed by atoms with Gasteiger partial charge in [-0.2, -0.15) is 0 Å². The van der Waals surface area contributed by atoms with Crippen molar-refractivity contribution in [2.24, 2.45) is 0 Å². The van der Waals surface area contributed by atoms with Gasteiger partial charge >= 0.3 is 0 Å². The second-order valence-corrected chi connectivity index (χ2v) is 5.32. The van der Waals surface area contributed by atoms with Gasteiger partial charge in [-0.05, 0) is 42.5 Å². The molecule has 0 fully saturated rings. The van der Waals surface area contributed by atoms with E-state index >= 15 is 0 Å². The van der Waals surface area contributed by atoms with Crippen LogP contribution in [0, 0.1) is 0 Å². The Morgan fingerprint density at radius 1 is 0.885 bits per heavy atom. The molecule has 0 bridgehead atoms. The lowest BCUT2D eigenvalue weighted by Crippen LogP contribution is -2.11. The van der Waals surface area contributed by atoms with Gasteiger partial charge in [0.25, 0.3) is 5.91 Å². The maximum Gasteiger partial charge on any atom is 0.255 e. The fourth-order valence-corrected chi connectivity index (χ4v) is 2.28. The summed E-state index contributed by atoms with van der Waals surface area (Å²) < 4.78 is 16.0. The first-order chi connectivity index (χ1) is 12.7. The number of rotatable bonds is 6. The number of hydrogen-bond acceptors (Lipinski definition) is 5. The molecular weight excluding hydrogens is 332 g/mol.